The summed E-state index contributed by atoms with van der Waals surface area (Å²) in [5.74, 6) is -4.39. The summed E-state index contributed by atoms with van der Waals surface area (Å²) in [5, 5.41) is 3.80. The molecule has 2 fully saturated rings. The minimum Gasteiger partial charge on any atom is -0.453 e. The van der Waals surface area contributed by atoms with Crippen molar-refractivity contribution in [1.29, 1.82) is 0 Å². The number of hydrogen-bond acceptors (Lipinski definition) is 7. The monoisotopic (exact) mass is 456 g/mol. The van der Waals surface area contributed by atoms with Crippen LogP contribution in [0.4, 0.5) is 17.6 Å². The summed E-state index contributed by atoms with van der Waals surface area (Å²) in [6, 6.07) is -0.893. The van der Waals surface area contributed by atoms with Crippen molar-refractivity contribution in [2.75, 3.05) is 6.54 Å². The lowest BCUT2D eigenvalue weighted by molar-refractivity contribution is -0.153. The van der Waals surface area contributed by atoms with Gasteiger partial charge in [0, 0.05) is 12.6 Å². The van der Waals surface area contributed by atoms with E-state index in [1.807, 2.05) is 0 Å². The Bertz CT molecular complexity index is 1030. The molecule has 0 bridgehead atoms. The Hall–Kier alpha value is -3.02. The van der Waals surface area contributed by atoms with Gasteiger partial charge < -0.3 is 19.9 Å². The molecule has 1 aliphatic heterocycles. The Morgan fingerprint density at radius 3 is 2.72 bits per heavy atom. The van der Waals surface area contributed by atoms with E-state index in [0.29, 0.717) is 25.0 Å². The number of likely N-dealkylation sites (tertiary alicyclic amines) is 1. The van der Waals surface area contributed by atoms with Crippen LogP contribution in [0.25, 0.3) is 0 Å². The number of hydrogen-bond donors (Lipinski definition) is 1. The van der Waals surface area contributed by atoms with E-state index in [9.17, 15) is 27.2 Å². The minimum atomic E-state index is -1.63. The zero-order valence-corrected chi connectivity index (χ0v) is 16.8. The Balaban J connectivity index is 1.52. The van der Waals surface area contributed by atoms with Gasteiger partial charge in [0.2, 0.25) is 0 Å². The predicted octanol–water partition coefficient (Wildman–Crippen LogP) is 2.22. The van der Waals surface area contributed by atoms with Gasteiger partial charge in [0.05, 0.1) is 12.1 Å². The largest absolute Gasteiger partial charge is 0.453 e. The van der Waals surface area contributed by atoms with E-state index < -0.39 is 53.6 Å². The van der Waals surface area contributed by atoms with Crippen molar-refractivity contribution in [2.45, 2.75) is 56.0 Å². The maximum atomic E-state index is 14.2. The molecule has 1 saturated heterocycles. The summed E-state index contributed by atoms with van der Waals surface area (Å²) >= 11 is 0. The molecule has 1 aromatic heterocycles. The zero-order chi connectivity index (χ0) is 23.0. The molecule has 2 N–H and O–H groups in total. The van der Waals surface area contributed by atoms with Crippen LogP contribution in [-0.4, -0.2) is 46.1 Å². The molecule has 1 unspecified atom stereocenters. The number of carbonyl (C=O) groups is 2. The summed E-state index contributed by atoms with van der Waals surface area (Å²) in [4.78, 5) is 29.6. The number of halogens is 4. The van der Waals surface area contributed by atoms with Crippen LogP contribution in [-0.2, 0) is 26.4 Å². The molecule has 3 atom stereocenters. The van der Waals surface area contributed by atoms with E-state index in [2.05, 4.69) is 10.1 Å². The Morgan fingerprint density at radius 1 is 1.31 bits per heavy atom. The van der Waals surface area contributed by atoms with Gasteiger partial charge in [-0.25, -0.2) is 17.6 Å². The fourth-order valence-electron chi connectivity index (χ4n) is 3.82. The van der Waals surface area contributed by atoms with Gasteiger partial charge in [0.1, 0.15) is 5.82 Å². The maximum absolute atomic E-state index is 14.2. The van der Waals surface area contributed by atoms with Crippen molar-refractivity contribution in [3.63, 3.8) is 0 Å². The molecule has 32 heavy (non-hydrogen) atoms. The Labute approximate surface area is 179 Å². The summed E-state index contributed by atoms with van der Waals surface area (Å²) in [5.41, 5.74) is 4.10. The Kier molecular flexibility index (Phi) is 5.89. The molecule has 0 radical (unpaired) electrons. The highest BCUT2D eigenvalue weighted by Gasteiger charge is 2.51. The standard InChI is InChI=1S/C20H20F4N4O4/c21-11-8-13(23)12(22)6-10(11)7-14(25)16(31-9-29)18(30)28-5-1-2-15(28)17-26-19(32-27-17)20(24)3-4-20/h6,8-9,14-16H,1-5,7,25H2/t14-,15+,16?/m1/s1. The third-order valence-corrected chi connectivity index (χ3v) is 5.73. The number of nitrogens with zero attached hydrogens (tertiary/aromatic N) is 3. The molecule has 4 rings (SSSR count). The highest BCUT2D eigenvalue weighted by atomic mass is 19.2. The number of alkyl halides is 1. The van der Waals surface area contributed by atoms with Crippen LogP contribution in [0.1, 0.15) is 49.0 Å². The van der Waals surface area contributed by atoms with Crippen molar-refractivity contribution < 1.29 is 36.4 Å². The van der Waals surface area contributed by atoms with Gasteiger partial charge >= 0.3 is 0 Å². The fraction of sp³-hybridized carbons (Fsp3) is 0.500. The highest BCUT2D eigenvalue weighted by molar-refractivity contribution is 5.83. The van der Waals surface area contributed by atoms with Gasteiger partial charge in [-0.3, -0.25) is 9.59 Å². The van der Waals surface area contributed by atoms with Crippen LogP contribution in [0.5, 0.6) is 0 Å². The number of carbonyl (C=O) groups excluding carboxylic acids is 2. The molecule has 0 spiro atoms. The van der Waals surface area contributed by atoms with Crippen molar-refractivity contribution in [3.05, 3.63) is 46.9 Å². The van der Waals surface area contributed by atoms with Crippen LogP contribution in [0.2, 0.25) is 0 Å². The second kappa shape index (κ2) is 8.49. The highest BCUT2D eigenvalue weighted by Crippen LogP contribution is 2.49. The molecule has 1 amide bonds. The number of aromatic nitrogens is 2. The SMILES string of the molecule is N[C@H](Cc1cc(F)c(F)cc1F)C(OC=O)C(=O)N1CCC[C@H]1c1noc(C2(F)CC2)n1. The van der Waals surface area contributed by atoms with Crippen molar-refractivity contribution in [3.8, 4) is 0 Å². The lowest BCUT2D eigenvalue weighted by Crippen LogP contribution is -2.50. The topological polar surface area (TPSA) is 112 Å². The molecule has 12 heteroatoms. The molecule has 2 aliphatic rings. The van der Waals surface area contributed by atoms with Gasteiger partial charge in [0.25, 0.3) is 18.3 Å². The summed E-state index contributed by atoms with van der Waals surface area (Å²) in [7, 11) is 0. The van der Waals surface area contributed by atoms with E-state index in [0.717, 1.165) is 0 Å². The number of nitrogens with two attached hydrogens (primary N) is 1. The van der Waals surface area contributed by atoms with Gasteiger partial charge in [0.15, 0.2) is 29.2 Å². The quantitative estimate of drug-likeness (QED) is 0.368. The number of ether oxygens (including phenoxy) is 1. The van der Waals surface area contributed by atoms with Crippen molar-refractivity contribution in [1.82, 2.24) is 15.0 Å². The lowest BCUT2D eigenvalue weighted by atomic mass is 10.00. The minimum absolute atomic E-state index is 0.0293. The first kappa shape index (κ1) is 22.2. The molecule has 2 aromatic rings. The normalized spacial score (nSPS) is 21.3. The molecule has 1 aromatic carbocycles. The fourth-order valence-corrected chi connectivity index (χ4v) is 3.82. The molecule has 172 valence electrons. The van der Waals surface area contributed by atoms with E-state index >= 15 is 0 Å². The van der Waals surface area contributed by atoms with E-state index in [-0.39, 0.29) is 43.1 Å². The lowest BCUT2D eigenvalue weighted by Gasteiger charge is -2.29. The van der Waals surface area contributed by atoms with Gasteiger partial charge in [-0.2, -0.15) is 4.98 Å². The summed E-state index contributed by atoms with van der Waals surface area (Å²) in [6.07, 6.45) is -0.322. The predicted molar refractivity (Wildman–Crippen MR) is 98.9 cm³/mol. The maximum Gasteiger partial charge on any atom is 0.293 e. The first-order chi connectivity index (χ1) is 15.2. The van der Waals surface area contributed by atoms with Crippen molar-refractivity contribution >= 4 is 12.4 Å². The smallest absolute Gasteiger partial charge is 0.293 e. The third-order valence-electron chi connectivity index (χ3n) is 5.73. The van der Waals surface area contributed by atoms with Crippen LogP contribution in [0.15, 0.2) is 16.7 Å². The number of benzene rings is 1. The van der Waals surface area contributed by atoms with Crippen LogP contribution in [0.3, 0.4) is 0 Å². The van der Waals surface area contributed by atoms with Gasteiger partial charge in [-0.05, 0) is 43.7 Å². The van der Waals surface area contributed by atoms with Crippen LogP contribution < -0.4 is 5.73 Å². The third kappa shape index (κ3) is 4.18. The van der Waals surface area contributed by atoms with Gasteiger partial charge in [-0.15, -0.1) is 0 Å². The molecule has 2 heterocycles. The van der Waals surface area contributed by atoms with Crippen LogP contribution >= 0.6 is 0 Å². The second-order valence-electron chi connectivity index (χ2n) is 7.99. The molecule has 8 nitrogen and oxygen atoms in total. The van der Waals surface area contributed by atoms with Crippen LogP contribution in [0, 0.1) is 17.5 Å². The van der Waals surface area contributed by atoms with E-state index in [4.69, 9.17) is 15.0 Å². The van der Waals surface area contributed by atoms with E-state index in [1.165, 1.54) is 4.90 Å². The summed E-state index contributed by atoms with van der Waals surface area (Å²) in [6.45, 7) is 0.292. The van der Waals surface area contributed by atoms with Gasteiger partial charge in [-0.1, -0.05) is 5.16 Å². The second-order valence-corrected chi connectivity index (χ2v) is 7.99. The molecule has 1 saturated carbocycles. The number of amides is 1. The summed E-state index contributed by atoms with van der Waals surface area (Å²) < 4.78 is 64.7. The van der Waals surface area contributed by atoms with Crippen molar-refractivity contribution in [2.24, 2.45) is 5.73 Å². The average Bonchev–Trinajstić information content (AvgIpc) is 3.16. The average molecular weight is 456 g/mol. The van der Waals surface area contributed by atoms with E-state index in [1.54, 1.807) is 0 Å². The zero-order valence-electron chi connectivity index (χ0n) is 16.8. The first-order valence-electron chi connectivity index (χ1n) is 10.0. The molecule has 1 aliphatic carbocycles. The Morgan fingerprint density at radius 2 is 2.03 bits per heavy atom. The molecular formula is C20H20F4N4O4. The first-order valence-corrected chi connectivity index (χ1v) is 10.0. The molecular weight excluding hydrogens is 436 g/mol. The number of rotatable bonds is 8.